The van der Waals surface area contributed by atoms with E-state index in [4.69, 9.17) is 4.74 Å². The van der Waals surface area contributed by atoms with E-state index in [1.165, 1.54) is 25.3 Å². The Bertz CT molecular complexity index is 471. The topological polar surface area (TPSA) is 50.4 Å². The number of nitrogens with one attached hydrogen (secondary N) is 2. The van der Waals surface area contributed by atoms with Crippen molar-refractivity contribution in [3.63, 3.8) is 0 Å². The highest BCUT2D eigenvalue weighted by molar-refractivity contribution is 5.98. The van der Waals surface area contributed by atoms with Crippen molar-refractivity contribution in [1.82, 2.24) is 5.32 Å². The molecule has 1 aromatic rings. The summed E-state index contributed by atoms with van der Waals surface area (Å²) >= 11 is 0. The van der Waals surface area contributed by atoms with Crippen molar-refractivity contribution in [2.45, 2.75) is 31.7 Å². The van der Waals surface area contributed by atoms with Crippen LogP contribution in [-0.4, -0.2) is 25.1 Å². The molecule has 2 N–H and O–H groups in total. The molecule has 1 fully saturated rings. The van der Waals surface area contributed by atoms with Crippen molar-refractivity contribution in [3.8, 4) is 5.75 Å². The predicted molar refractivity (Wildman–Crippen MR) is 71.8 cm³/mol. The highest BCUT2D eigenvalue weighted by Crippen LogP contribution is 2.26. The molecular formula is C14H19FN2O2. The van der Waals surface area contributed by atoms with E-state index in [2.05, 4.69) is 10.6 Å². The predicted octanol–water partition coefficient (Wildman–Crippen LogP) is 2.30. The van der Waals surface area contributed by atoms with Gasteiger partial charge in [-0.25, -0.2) is 4.39 Å². The highest BCUT2D eigenvalue weighted by atomic mass is 19.1. The van der Waals surface area contributed by atoms with Gasteiger partial charge in [0.05, 0.1) is 12.6 Å². The Hall–Kier alpha value is -1.62. The van der Waals surface area contributed by atoms with E-state index in [0.717, 1.165) is 25.8 Å². The van der Waals surface area contributed by atoms with Crippen LogP contribution in [0.5, 0.6) is 5.75 Å². The molecule has 1 atom stereocenters. The highest BCUT2D eigenvalue weighted by Gasteiger charge is 2.39. The molecule has 0 radical (unpaired) electrons. The van der Waals surface area contributed by atoms with Crippen LogP contribution >= 0.6 is 0 Å². The third-order valence-corrected chi connectivity index (χ3v) is 3.69. The van der Waals surface area contributed by atoms with Crippen molar-refractivity contribution < 1.29 is 13.9 Å². The number of benzene rings is 1. The summed E-state index contributed by atoms with van der Waals surface area (Å²) in [6.07, 6.45) is 2.55. The summed E-state index contributed by atoms with van der Waals surface area (Å²) < 4.78 is 18.2. The minimum Gasteiger partial charge on any atom is -0.494 e. The first-order valence-corrected chi connectivity index (χ1v) is 6.51. The standard InChI is InChI=1S/C14H19FN2O2/c1-3-14(7-4-8-16-14)13(18)17-10-5-6-11(15)12(9-10)19-2/h5-6,9,16H,3-4,7-8H2,1-2H3,(H,17,18). The fraction of sp³-hybridized carbons (Fsp3) is 0.500. The van der Waals surface area contributed by atoms with Gasteiger partial charge in [0.1, 0.15) is 0 Å². The van der Waals surface area contributed by atoms with Crippen LogP contribution in [0.1, 0.15) is 26.2 Å². The summed E-state index contributed by atoms with van der Waals surface area (Å²) in [5, 5.41) is 6.09. The molecule has 5 heteroatoms. The van der Waals surface area contributed by atoms with Crippen LogP contribution in [0, 0.1) is 5.82 Å². The zero-order chi connectivity index (χ0) is 13.9. The van der Waals surface area contributed by atoms with Gasteiger partial charge in [-0.3, -0.25) is 4.79 Å². The maximum absolute atomic E-state index is 13.3. The van der Waals surface area contributed by atoms with Crippen molar-refractivity contribution in [1.29, 1.82) is 0 Å². The number of amides is 1. The minimum absolute atomic E-state index is 0.0684. The summed E-state index contributed by atoms with van der Waals surface area (Å²) in [4.78, 5) is 12.3. The third-order valence-electron chi connectivity index (χ3n) is 3.69. The van der Waals surface area contributed by atoms with Crippen LogP contribution in [0.4, 0.5) is 10.1 Å². The van der Waals surface area contributed by atoms with E-state index in [0.29, 0.717) is 5.69 Å². The van der Waals surface area contributed by atoms with Crippen molar-refractivity contribution >= 4 is 11.6 Å². The maximum Gasteiger partial charge on any atom is 0.244 e. The molecule has 2 rings (SSSR count). The molecule has 0 bridgehead atoms. The molecule has 0 aliphatic carbocycles. The Balaban J connectivity index is 2.14. The zero-order valence-corrected chi connectivity index (χ0v) is 11.3. The second kappa shape index (κ2) is 5.57. The zero-order valence-electron chi connectivity index (χ0n) is 11.3. The molecule has 0 spiro atoms. The average Bonchev–Trinajstić information content (AvgIpc) is 2.91. The van der Waals surface area contributed by atoms with Crippen molar-refractivity contribution in [2.24, 2.45) is 0 Å². The normalized spacial score (nSPS) is 22.3. The molecule has 1 aromatic carbocycles. The van der Waals surface area contributed by atoms with Gasteiger partial charge in [0.25, 0.3) is 0 Å². The molecule has 1 aliphatic heterocycles. The molecule has 0 saturated carbocycles. The lowest BCUT2D eigenvalue weighted by Gasteiger charge is -2.26. The monoisotopic (exact) mass is 266 g/mol. The van der Waals surface area contributed by atoms with Crippen molar-refractivity contribution in [2.75, 3.05) is 19.0 Å². The number of hydrogen-bond acceptors (Lipinski definition) is 3. The molecule has 1 aliphatic rings. The Morgan fingerprint density at radius 3 is 2.95 bits per heavy atom. The van der Waals surface area contributed by atoms with Crippen LogP contribution in [0.25, 0.3) is 0 Å². The SMILES string of the molecule is CCC1(C(=O)Nc2ccc(F)c(OC)c2)CCCN1. The fourth-order valence-electron chi connectivity index (χ4n) is 2.45. The van der Waals surface area contributed by atoms with E-state index in [1.54, 1.807) is 0 Å². The van der Waals surface area contributed by atoms with E-state index < -0.39 is 11.4 Å². The number of rotatable bonds is 4. The minimum atomic E-state index is -0.498. The summed E-state index contributed by atoms with van der Waals surface area (Å²) in [6.45, 7) is 2.84. The van der Waals surface area contributed by atoms with Gasteiger partial charge in [-0.15, -0.1) is 0 Å². The molecule has 1 heterocycles. The number of ether oxygens (including phenoxy) is 1. The summed E-state index contributed by atoms with van der Waals surface area (Å²) in [5.41, 5.74) is 0.0477. The number of anilines is 1. The maximum atomic E-state index is 13.3. The van der Waals surface area contributed by atoms with Gasteiger partial charge in [-0.05, 0) is 37.9 Å². The molecule has 19 heavy (non-hydrogen) atoms. The molecule has 1 amide bonds. The van der Waals surface area contributed by atoms with Gasteiger partial charge in [-0.1, -0.05) is 6.92 Å². The number of carbonyl (C=O) groups is 1. The Labute approximate surface area is 112 Å². The number of carbonyl (C=O) groups excluding carboxylic acids is 1. The van der Waals surface area contributed by atoms with Crippen LogP contribution in [-0.2, 0) is 4.79 Å². The van der Waals surface area contributed by atoms with Crippen LogP contribution < -0.4 is 15.4 Å². The van der Waals surface area contributed by atoms with E-state index >= 15 is 0 Å². The lowest BCUT2D eigenvalue weighted by atomic mass is 9.93. The molecule has 4 nitrogen and oxygen atoms in total. The molecule has 0 aromatic heterocycles. The summed E-state index contributed by atoms with van der Waals surface area (Å²) in [5.74, 6) is -0.381. The average molecular weight is 266 g/mol. The lowest BCUT2D eigenvalue weighted by molar-refractivity contribution is -0.122. The Kier molecular flexibility index (Phi) is 4.04. The molecule has 104 valence electrons. The molecule has 1 unspecified atom stereocenters. The Morgan fingerprint density at radius 1 is 1.58 bits per heavy atom. The van der Waals surface area contributed by atoms with E-state index in [1.807, 2.05) is 6.92 Å². The van der Waals surface area contributed by atoms with Crippen molar-refractivity contribution in [3.05, 3.63) is 24.0 Å². The van der Waals surface area contributed by atoms with E-state index in [-0.39, 0.29) is 11.7 Å². The fourth-order valence-corrected chi connectivity index (χ4v) is 2.45. The second-order valence-corrected chi connectivity index (χ2v) is 4.77. The van der Waals surface area contributed by atoms with Crippen LogP contribution in [0.3, 0.4) is 0 Å². The number of halogens is 1. The van der Waals surface area contributed by atoms with Crippen LogP contribution in [0.15, 0.2) is 18.2 Å². The first kappa shape index (κ1) is 13.8. The molecular weight excluding hydrogens is 247 g/mol. The third kappa shape index (κ3) is 2.71. The van der Waals surface area contributed by atoms with Gasteiger partial charge in [0.15, 0.2) is 11.6 Å². The van der Waals surface area contributed by atoms with Crippen LogP contribution in [0.2, 0.25) is 0 Å². The first-order chi connectivity index (χ1) is 9.11. The largest absolute Gasteiger partial charge is 0.494 e. The quantitative estimate of drug-likeness (QED) is 0.879. The van der Waals surface area contributed by atoms with Gasteiger partial charge in [0.2, 0.25) is 5.91 Å². The van der Waals surface area contributed by atoms with Gasteiger partial charge >= 0.3 is 0 Å². The van der Waals surface area contributed by atoms with Gasteiger partial charge in [0, 0.05) is 11.8 Å². The Morgan fingerprint density at radius 2 is 2.37 bits per heavy atom. The number of hydrogen-bond donors (Lipinski definition) is 2. The van der Waals surface area contributed by atoms with Gasteiger partial charge < -0.3 is 15.4 Å². The lowest BCUT2D eigenvalue weighted by Crippen LogP contribution is -2.50. The molecule has 1 saturated heterocycles. The number of methoxy groups -OCH3 is 1. The van der Waals surface area contributed by atoms with Gasteiger partial charge in [-0.2, -0.15) is 0 Å². The second-order valence-electron chi connectivity index (χ2n) is 4.77. The smallest absolute Gasteiger partial charge is 0.244 e. The summed E-state index contributed by atoms with van der Waals surface area (Å²) in [7, 11) is 1.40. The summed E-state index contributed by atoms with van der Waals surface area (Å²) in [6, 6.07) is 4.31. The van der Waals surface area contributed by atoms with E-state index in [9.17, 15) is 9.18 Å². The first-order valence-electron chi connectivity index (χ1n) is 6.51.